The first-order chi connectivity index (χ1) is 13.2. The Hall–Kier alpha value is -2.75. The number of carbonyl (C=O) groups is 2. The van der Waals surface area contributed by atoms with Crippen molar-refractivity contribution in [2.24, 2.45) is 0 Å². The molecule has 1 aromatic carbocycles. The molecular formula is C21H26N4O3. The maximum absolute atomic E-state index is 12.9. The molecule has 4 rings (SSSR count). The van der Waals surface area contributed by atoms with Gasteiger partial charge >= 0.3 is 12.1 Å². The van der Waals surface area contributed by atoms with E-state index >= 15 is 0 Å². The van der Waals surface area contributed by atoms with Crippen LogP contribution in [0.2, 0.25) is 0 Å². The van der Waals surface area contributed by atoms with Gasteiger partial charge in [0, 0.05) is 31.9 Å². The maximum Gasteiger partial charge on any atom is 0.410 e. The molecule has 2 saturated heterocycles. The molecule has 1 aliphatic carbocycles. The second-order valence-electron chi connectivity index (χ2n) is 8.91. The average molecular weight is 382 g/mol. The molecule has 0 aromatic heterocycles. The Labute approximate surface area is 165 Å². The molecule has 1 atom stereocenters. The molecule has 0 spiro atoms. The number of nitriles is 1. The topological polar surface area (TPSA) is 76.9 Å². The van der Waals surface area contributed by atoms with Crippen molar-refractivity contribution in [2.75, 3.05) is 31.1 Å². The Morgan fingerprint density at radius 3 is 2.43 bits per heavy atom. The largest absolute Gasteiger partial charge is 0.444 e. The van der Waals surface area contributed by atoms with Crippen molar-refractivity contribution in [1.29, 1.82) is 5.26 Å². The Bertz CT molecular complexity index is 833. The first kappa shape index (κ1) is 18.6. The van der Waals surface area contributed by atoms with Crippen molar-refractivity contribution >= 4 is 17.8 Å². The van der Waals surface area contributed by atoms with Crippen LogP contribution in [0.3, 0.4) is 0 Å². The van der Waals surface area contributed by atoms with Crippen LogP contribution in [0.4, 0.5) is 15.3 Å². The van der Waals surface area contributed by atoms with Gasteiger partial charge in [-0.15, -0.1) is 0 Å². The number of urea groups is 1. The van der Waals surface area contributed by atoms with Crippen LogP contribution in [0, 0.1) is 11.3 Å². The SMILES string of the molecule is CC(C)(C)OC(=O)N1CCN2C(=O)N(c3ccc(C4(C#N)CC4)cc3)CC2C1. The third kappa shape index (κ3) is 3.28. The van der Waals surface area contributed by atoms with Gasteiger partial charge in [0.15, 0.2) is 0 Å². The van der Waals surface area contributed by atoms with Gasteiger partial charge in [0.05, 0.1) is 17.5 Å². The summed E-state index contributed by atoms with van der Waals surface area (Å²) in [5.41, 5.74) is 1.01. The smallest absolute Gasteiger partial charge is 0.410 e. The summed E-state index contributed by atoms with van der Waals surface area (Å²) in [6.45, 7) is 7.56. The van der Waals surface area contributed by atoms with Crippen LogP contribution in [0.1, 0.15) is 39.2 Å². The average Bonchev–Trinajstić information content (AvgIpc) is 3.39. The fourth-order valence-electron chi connectivity index (χ4n) is 3.97. The zero-order valence-electron chi connectivity index (χ0n) is 16.6. The highest BCUT2D eigenvalue weighted by molar-refractivity contribution is 5.95. The molecule has 7 nitrogen and oxygen atoms in total. The van der Waals surface area contributed by atoms with E-state index in [0.29, 0.717) is 26.2 Å². The van der Waals surface area contributed by atoms with Crippen molar-refractivity contribution in [3.05, 3.63) is 29.8 Å². The molecule has 3 aliphatic rings. The molecule has 0 bridgehead atoms. The lowest BCUT2D eigenvalue weighted by Crippen LogP contribution is -2.54. The monoisotopic (exact) mass is 382 g/mol. The van der Waals surface area contributed by atoms with E-state index in [1.54, 1.807) is 9.80 Å². The van der Waals surface area contributed by atoms with Crippen molar-refractivity contribution < 1.29 is 14.3 Å². The quantitative estimate of drug-likeness (QED) is 0.787. The predicted octanol–water partition coefficient (Wildman–Crippen LogP) is 3.10. The lowest BCUT2D eigenvalue weighted by molar-refractivity contribution is 0.0128. The fourth-order valence-corrected chi connectivity index (χ4v) is 3.97. The number of amides is 3. The number of piperazine rings is 1. The van der Waals surface area contributed by atoms with Crippen LogP contribution < -0.4 is 4.90 Å². The zero-order chi connectivity index (χ0) is 20.1. The number of nitrogens with zero attached hydrogens (tertiary/aromatic N) is 4. The molecule has 1 saturated carbocycles. The Balaban J connectivity index is 1.44. The number of hydrogen-bond donors (Lipinski definition) is 0. The van der Waals surface area contributed by atoms with Crippen molar-refractivity contribution in [3.63, 3.8) is 0 Å². The molecule has 3 fully saturated rings. The van der Waals surface area contributed by atoms with Gasteiger partial charge in [0.25, 0.3) is 0 Å². The second-order valence-corrected chi connectivity index (χ2v) is 8.91. The van der Waals surface area contributed by atoms with E-state index < -0.39 is 5.60 Å². The summed E-state index contributed by atoms with van der Waals surface area (Å²) < 4.78 is 5.47. The summed E-state index contributed by atoms with van der Waals surface area (Å²) in [4.78, 5) is 30.5. The van der Waals surface area contributed by atoms with Gasteiger partial charge in [-0.3, -0.25) is 4.90 Å². The van der Waals surface area contributed by atoms with E-state index in [4.69, 9.17) is 4.74 Å². The van der Waals surface area contributed by atoms with Gasteiger partial charge in [-0.05, 0) is 51.3 Å². The lowest BCUT2D eigenvalue weighted by atomic mass is 9.97. The normalized spacial score (nSPS) is 23.3. The number of anilines is 1. The van der Waals surface area contributed by atoms with Crippen LogP contribution in [-0.4, -0.2) is 59.7 Å². The summed E-state index contributed by atoms with van der Waals surface area (Å²) in [6, 6.07) is 10.1. The standard InChI is InChI=1S/C21H26N4O3/c1-20(2,3)28-19(27)23-10-11-24-17(12-23)13-25(18(24)26)16-6-4-15(5-7-16)21(14-22)8-9-21/h4-7,17H,8-13H2,1-3H3. The van der Waals surface area contributed by atoms with Crippen LogP contribution in [0.5, 0.6) is 0 Å². The van der Waals surface area contributed by atoms with Gasteiger partial charge in [-0.25, -0.2) is 9.59 Å². The summed E-state index contributed by atoms with van der Waals surface area (Å²) in [7, 11) is 0. The summed E-state index contributed by atoms with van der Waals surface area (Å²) in [5, 5.41) is 9.35. The van der Waals surface area contributed by atoms with Gasteiger partial charge in [-0.2, -0.15) is 5.26 Å². The van der Waals surface area contributed by atoms with E-state index in [-0.39, 0.29) is 23.6 Å². The molecule has 148 valence electrons. The fraction of sp³-hybridized carbons (Fsp3) is 0.571. The number of rotatable bonds is 2. The minimum Gasteiger partial charge on any atom is -0.444 e. The minimum absolute atomic E-state index is 0.0250. The first-order valence-corrected chi connectivity index (χ1v) is 9.80. The van der Waals surface area contributed by atoms with Crippen LogP contribution in [0.25, 0.3) is 0 Å². The van der Waals surface area contributed by atoms with Gasteiger partial charge in [-0.1, -0.05) is 12.1 Å². The first-order valence-electron chi connectivity index (χ1n) is 9.80. The van der Waals surface area contributed by atoms with Crippen LogP contribution in [0.15, 0.2) is 24.3 Å². The molecule has 0 radical (unpaired) electrons. The summed E-state index contributed by atoms with van der Waals surface area (Å²) in [5.74, 6) is 0. The molecule has 1 aromatic rings. The van der Waals surface area contributed by atoms with Crippen molar-refractivity contribution in [1.82, 2.24) is 9.80 Å². The molecule has 7 heteroatoms. The van der Waals surface area contributed by atoms with E-state index in [1.165, 1.54) is 0 Å². The summed E-state index contributed by atoms with van der Waals surface area (Å²) >= 11 is 0. The number of hydrogen-bond acceptors (Lipinski definition) is 4. The molecule has 28 heavy (non-hydrogen) atoms. The lowest BCUT2D eigenvalue weighted by Gasteiger charge is -2.36. The van der Waals surface area contributed by atoms with Gasteiger partial charge in [0.2, 0.25) is 0 Å². The highest BCUT2D eigenvalue weighted by Gasteiger charge is 2.45. The number of fused-ring (bicyclic) bond motifs is 1. The molecule has 0 N–H and O–H groups in total. The van der Waals surface area contributed by atoms with Crippen molar-refractivity contribution in [2.45, 2.75) is 50.7 Å². The van der Waals surface area contributed by atoms with E-state index in [2.05, 4.69) is 6.07 Å². The molecule has 2 aliphatic heterocycles. The van der Waals surface area contributed by atoms with Gasteiger partial charge in [0.1, 0.15) is 5.60 Å². The van der Waals surface area contributed by atoms with E-state index in [1.807, 2.05) is 49.9 Å². The van der Waals surface area contributed by atoms with Crippen LogP contribution >= 0.6 is 0 Å². The van der Waals surface area contributed by atoms with E-state index in [9.17, 15) is 14.9 Å². The second kappa shape index (κ2) is 6.40. The number of benzene rings is 1. The predicted molar refractivity (Wildman–Crippen MR) is 104 cm³/mol. The third-order valence-electron chi connectivity index (χ3n) is 5.70. The third-order valence-corrected chi connectivity index (χ3v) is 5.70. The highest BCUT2D eigenvalue weighted by Crippen LogP contribution is 2.47. The van der Waals surface area contributed by atoms with Gasteiger partial charge < -0.3 is 14.5 Å². The molecule has 3 amide bonds. The number of carbonyl (C=O) groups excluding carboxylic acids is 2. The highest BCUT2D eigenvalue weighted by atomic mass is 16.6. The molecule has 1 unspecified atom stereocenters. The minimum atomic E-state index is -0.532. The van der Waals surface area contributed by atoms with Crippen LogP contribution in [-0.2, 0) is 10.2 Å². The molecule has 2 heterocycles. The Morgan fingerprint density at radius 2 is 1.86 bits per heavy atom. The maximum atomic E-state index is 12.9. The number of ether oxygens (including phenoxy) is 1. The Kier molecular flexibility index (Phi) is 4.25. The van der Waals surface area contributed by atoms with Crippen molar-refractivity contribution in [3.8, 4) is 6.07 Å². The molecular weight excluding hydrogens is 356 g/mol. The Morgan fingerprint density at radius 1 is 1.18 bits per heavy atom. The zero-order valence-corrected chi connectivity index (χ0v) is 16.6. The summed E-state index contributed by atoms with van der Waals surface area (Å²) in [6.07, 6.45) is 1.48. The van der Waals surface area contributed by atoms with E-state index in [0.717, 1.165) is 24.1 Å².